The summed E-state index contributed by atoms with van der Waals surface area (Å²) in [6.07, 6.45) is 0. The van der Waals surface area contributed by atoms with Crippen molar-refractivity contribution in [3.63, 3.8) is 0 Å². The van der Waals surface area contributed by atoms with Crippen LogP contribution in [0, 0.1) is 13.8 Å². The van der Waals surface area contributed by atoms with Gasteiger partial charge < -0.3 is 5.11 Å². The van der Waals surface area contributed by atoms with Crippen LogP contribution in [0.4, 0.5) is 0 Å². The van der Waals surface area contributed by atoms with Crippen LogP contribution in [0.1, 0.15) is 26.8 Å². The highest BCUT2D eigenvalue weighted by molar-refractivity contribution is 7.09. The highest BCUT2D eigenvalue weighted by atomic mass is 32.1. The van der Waals surface area contributed by atoms with Gasteiger partial charge in [-0.25, -0.2) is 9.78 Å². The number of carbonyl (C=O) groups is 1. The molecule has 0 spiro atoms. The number of aromatic carboxylic acids is 1. The third kappa shape index (κ3) is 2.92. The van der Waals surface area contributed by atoms with Gasteiger partial charge in [-0.15, -0.1) is 11.3 Å². The molecule has 22 heavy (non-hydrogen) atoms. The monoisotopic (exact) mass is 313 g/mol. The number of aryl methyl sites for hydroxylation is 2. The second kappa shape index (κ2) is 5.73. The molecule has 0 radical (unpaired) electrons. The van der Waals surface area contributed by atoms with Crippen molar-refractivity contribution >= 4 is 17.3 Å². The first-order valence-corrected chi connectivity index (χ1v) is 7.70. The molecule has 0 bridgehead atoms. The van der Waals surface area contributed by atoms with Crippen molar-refractivity contribution in [1.82, 2.24) is 14.8 Å². The van der Waals surface area contributed by atoms with Gasteiger partial charge in [0.1, 0.15) is 5.01 Å². The number of nitrogens with zero attached hydrogens (tertiary/aromatic N) is 3. The molecular formula is C16H15N3O2S. The molecule has 0 amide bonds. The molecule has 0 atom stereocenters. The molecule has 0 saturated heterocycles. The maximum Gasteiger partial charge on any atom is 0.356 e. The molecule has 0 unspecified atom stereocenters. The third-order valence-electron chi connectivity index (χ3n) is 3.35. The van der Waals surface area contributed by atoms with Gasteiger partial charge in [0.05, 0.1) is 12.2 Å². The maximum atomic E-state index is 11.0. The Morgan fingerprint density at radius 3 is 2.82 bits per heavy atom. The van der Waals surface area contributed by atoms with Gasteiger partial charge in [-0.3, -0.25) is 4.68 Å². The largest absolute Gasteiger partial charge is 0.476 e. The van der Waals surface area contributed by atoms with Gasteiger partial charge in [0.15, 0.2) is 5.69 Å². The molecule has 3 aromatic rings. The van der Waals surface area contributed by atoms with Crippen molar-refractivity contribution in [3.05, 3.63) is 57.7 Å². The SMILES string of the molecule is Cc1cccc(-c2csc(Cn3nc(C(=O)O)cc3C)n2)c1. The first-order chi connectivity index (χ1) is 10.5. The molecule has 6 heteroatoms. The highest BCUT2D eigenvalue weighted by Gasteiger charge is 2.12. The summed E-state index contributed by atoms with van der Waals surface area (Å²) < 4.78 is 1.67. The summed E-state index contributed by atoms with van der Waals surface area (Å²) >= 11 is 1.55. The highest BCUT2D eigenvalue weighted by Crippen LogP contribution is 2.23. The smallest absolute Gasteiger partial charge is 0.356 e. The number of aromatic nitrogens is 3. The summed E-state index contributed by atoms with van der Waals surface area (Å²) in [4.78, 5) is 15.6. The number of thiazole rings is 1. The van der Waals surface area contributed by atoms with E-state index in [-0.39, 0.29) is 5.69 Å². The number of carboxylic acids is 1. The van der Waals surface area contributed by atoms with E-state index in [9.17, 15) is 4.79 Å². The zero-order valence-corrected chi connectivity index (χ0v) is 13.1. The summed E-state index contributed by atoms with van der Waals surface area (Å²) in [5.74, 6) is -1.01. The Morgan fingerprint density at radius 1 is 1.32 bits per heavy atom. The average molecular weight is 313 g/mol. The van der Waals surface area contributed by atoms with E-state index in [0.29, 0.717) is 6.54 Å². The minimum absolute atomic E-state index is 0.0629. The molecular weight excluding hydrogens is 298 g/mol. The van der Waals surface area contributed by atoms with Crippen molar-refractivity contribution in [3.8, 4) is 11.3 Å². The Morgan fingerprint density at radius 2 is 2.14 bits per heavy atom. The molecule has 5 nitrogen and oxygen atoms in total. The lowest BCUT2D eigenvalue weighted by Gasteiger charge is -2.01. The first kappa shape index (κ1) is 14.5. The van der Waals surface area contributed by atoms with Gasteiger partial charge >= 0.3 is 5.97 Å². The quantitative estimate of drug-likeness (QED) is 0.802. The first-order valence-electron chi connectivity index (χ1n) is 6.82. The van der Waals surface area contributed by atoms with Crippen LogP contribution in [0.25, 0.3) is 11.3 Å². The minimum Gasteiger partial charge on any atom is -0.476 e. The number of hydrogen-bond acceptors (Lipinski definition) is 4. The number of carboxylic acid groups (broad SMARTS) is 1. The molecule has 0 aliphatic rings. The Labute approximate surface area is 131 Å². The molecule has 0 saturated carbocycles. The third-order valence-corrected chi connectivity index (χ3v) is 4.18. The number of hydrogen-bond donors (Lipinski definition) is 1. The molecule has 1 aromatic carbocycles. The van der Waals surface area contributed by atoms with Gasteiger partial charge in [-0.1, -0.05) is 23.8 Å². The van der Waals surface area contributed by atoms with Crippen LogP contribution in [-0.2, 0) is 6.54 Å². The molecule has 112 valence electrons. The van der Waals surface area contributed by atoms with Crippen LogP contribution in [0.5, 0.6) is 0 Å². The Bertz CT molecular complexity index is 836. The van der Waals surface area contributed by atoms with Crippen molar-refractivity contribution in [2.75, 3.05) is 0 Å². The predicted molar refractivity (Wildman–Crippen MR) is 85.3 cm³/mol. The number of benzene rings is 1. The van der Waals surface area contributed by atoms with Gasteiger partial charge in [-0.2, -0.15) is 5.10 Å². The van der Waals surface area contributed by atoms with Crippen LogP contribution in [0.2, 0.25) is 0 Å². The predicted octanol–water partition coefficient (Wildman–Crippen LogP) is 3.37. The molecule has 0 aliphatic heterocycles. The topological polar surface area (TPSA) is 68.0 Å². The molecule has 2 heterocycles. The van der Waals surface area contributed by atoms with E-state index in [1.54, 1.807) is 22.1 Å². The summed E-state index contributed by atoms with van der Waals surface area (Å²) in [5.41, 5.74) is 4.09. The van der Waals surface area contributed by atoms with Gasteiger partial charge in [-0.05, 0) is 26.0 Å². The summed E-state index contributed by atoms with van der Waals surface area (Å²) in [5, 5.41) is 16.0. The molecule has 1 N–H and O–H groups in total. The van der Waals surface area contributed by atoms with Crippen molar-refractivity contribution in [2.24, 2.45) is 0 Å². The van der Waals surface area contributed by atoms with Crippen molar-refractivity contribution < 1.29 is 9.90 Å². The zero-order chi connectivity index (χ0) is 15.7. The standard InChI is InChI=1S/C16H15N3O2S/c1-10-4-3-5-12(6-10)14-9-22-15(17-14)8-19-11(2)7-13(18-19)16(20)21/h3-7,9H,8H2,1-2H3,(H,20,21). The van der Waals surface area contributed by atoms with E-state index >= 15 is 0 Å². The Kier molecular flexibility index (Phi) is 3.77. The Balaban J connectivity index is 1.84. The molecule has 0 aliphatic carbocycles. The fraction of sp³-hybridized carbons (Fsp3) is 0.188. The lowest BCUT2D eigenvalue weighted by Crippen LogP contribution is -2.05. The fourth-order valence-electron chi connectivity index (χ4n) is 2.22. The van der Waals surface area contributed by atoms with Crippen LogP contribution < -0.4 is 0 Å². The minimum atomic E-state index is -1.01. The van der Waals surface area contributed by atoms with Gasteiger partial charge in [0, 0.05) is 16.6 Å². The van der Waals surface area contributed by atoms with Crippen molar-refractivity contribution in [1.29, 1.82) is 0 Å². The number of rotatable bonds is 4. The Hall–Kier alpha value is -2.47. The van der Waals surface area contributed by atoms with Gasteiger partial charge in [0.2, 0.25) is 0 Å². The summed E-state index contributed by atoms with van der Waals surface area (Å²) in [7, 11) is 0. The van der Waals surface area contributed by atoms with Gasteiger partial charge in [0.25, 0.3) is 0 Å². The zero-order valence-electron chi connectivity index (χ0n) is 12.3. The second-order valence-electron chi connectivity index (χ2n) is 5.13. The second-order valence-corrected chi connectivity index (χ2v) is 6.07. The average Bonchev–Trinajstić information content (AvgIpc) is 3.07. The van der Waals surface area contributed by atoms with E-state index in [0.717, 1.165) is 22.0 Å². The maximum absolute atomic E-state index is 11.0. The molecule has 0 fully saturated rings. The fourth-order valence-corrected chi connectivity index (χ4v) is 3.01. The van der Waals surface area contributed by atoms with E-state index in [1.807, 2.05) is 24.4 Å². The normalized spacial score (nSPS) is 10.8. The van der Waals surface area contributed by atoms with Crippen molar-refractivity contribution in [2.45, 2.75) is 20.4 Å². The van der Waals surface area contributed by atoms with E-state index in [4.69, 9.17) is 5.11 Å². The van der Waals surface area contributed by atoms with E-state index in [1.165, 1.54) is 5.56 Å². The van der Waals surface area contributed by atoms with E-state index in [2.05, 4.69) is 29.1 Å². The lowest BCUT2D eigenvalue weighted by molar-refractivity contribution is 0.0689. The summed E-state index contributed by atoms with van der Waals surface area (Å²) in [6.45, 7) is 4.38. The van der Waals surface area contributed by atoms with Crippen LogP contribution in [-0.4, -0.2) is 25.8 Å². The lowest BCUT2D eigenvalue weighted by atomic mass is 10.1. The van der Waals surface area contributed by atoms with Crippen LogP contribution in [0.3, 0.4) is 0 Å². The van der Waals surface area contributed by atoms with Crippen LogP contribution >= 0.6 is 11.3 Å². The van der Waals surface area contributed by atoms with Crippen LogP contribution in [0.15, 0.2) is 35.7 Å². The summed E-state index contributed by atoms with van der Waals surface area (Å²) in [6, 6.07) is 9.77. The van der Waals surface area contributed by atoms with E-state index < -0.39 is 5.97 Å². The molecule has 2 aromatic heterocycles. The molecule has 3 rings (SSSR count).